The summed E-state index contributed by atoms with van der Waals surface area (Å²) >= 11 is 0. The van der Waals surface area contributed by atoms with Crippen LogP contribution in [0.4, 0.5) is 32.1 Å². The van der Waals surface area contributed by atoms with Crippen molar-refractivity contribution < 1.29 is 13.6 Å². The molecule has 1 saturated heterocycles. The molecule has 1 atom stereocenters. The predicted octanol–water partition coefficient (Wildman–Crippen LogP) is 3.32. The fraction of sp³-hybridized carbons (Fsp3) is 0.217. The fourth-order valence-electron chi connectivity index (χ4n) is 4.18. The van der Waals surface area contributed by atoms with Crippen molar-refractivity contribution in [3.63, 3.8) is 0 Å². The topological polar surface area (TPSA) is 139 Å². The summed E-state index contributed by atoms with van der Waals surface area (Å²) in [4.78, 5) is 23.5. The van der Waals surface area contributed by atoms with Crippen LogP contribution in [0.25, 0.3) is 22.2 Å². The Kier molecular flexibility index (Phi) is 5.44. The molecule has 1 amide bonds. The minimum Gasteiger partial charge on any atom is -0.382 e. The molecule has 0 saturated carbocycles. The zero-order valence-electron chi connectivity index (χ0n) is 18.1. The molecule has 11 heteroatoms. The number of carbonyl (C=O) groups excluding carboxylic acids is 1. The third-order valence-corrected chi connectivity index (χ3v) is 5.92. The van der Waals surface area contributed by atoms with Gasteiger partial charge in [0.2, 0.25) is 11.9 Å². The molecule has 1 aliphatic rings. The van der Waals surface area contributed by atoms with Crippen LogP contribution >= 0.6 is 0 Å². The molecule has 34 heavy (non-hydrogen) atoms. The summed E-state index contributed by atoms with van der Waals surface area (Å²) in [5.74, 6) is -1.45. The van der Waals surface area contributed by atoms with Crippen molar-refractivity contribution in [1.29, 1.82) is 0 Å². The van der Waals surface area contributed by atoms with Gasteiger partial charge in [-0.15, -0.1) is 0 Å². The van der Waals surface area contributed by atoms with Crippen molar-refractivity contribution in [3.05, 3.63) is 54.1 Å². The first-order valence-corrected chi connectivity index (χ1v) is 10.8. The zero-order chi connectivity index (χ0) is 23.8. The van der Waals surface area contributed by atoms with Crippen molar-refractivity contribution in [3.8, 4) is 11.3 Å². The van der Waals surface area contributed by atoms with Crippen LogP contribution in [0.15, 0.2) is 42.5 Å². The van der Waals surface area contributed by atoms with Gasteiger partial charge in [0, 0.05) is 41.9 Å². The first-order chi connectivity index (χ1) is 16.4. The highest BCUT2D eigenvalue weighted by Gasteiger charge is 2.27. The van der Waals surface area contributed by atoms with E-state index < -0.39 is 11.6 Å². The van der Waals surface area contributed by atoms with E-state index in [0.29, 0.717) is 36.8 Å². The Labute approximate surface area is 193 Å². The molecule has 6 N–H and O–H groups in total. The van der Waals surface area contributed by atoms with E-state index in [-0.39, 0.29) is 23.5 Å². The van der Waals surface area contributed by atoms with Crippen LogP contribution in [0.3, 0.4) is 0 Å². The van der Waals surface area contributed by atoms with Gasteiger partial charge < -0.3 is 21.7 Å². The lowest BCUT2D eigenvalue weighted by Crippen LogP contribution is -2.41. The summed E-state index contributed by atoms with van der Waals surface area (Å²) in [6.45, 7) is 1.10. The average Bonchev–Trinajstić information content (AvgIpc) is 3.21. The highest BCUT2D eigenvalue weighted by molar-refractivity contribution is 5.93. The van der Waals surface area contributed by atoms with E-state index in [0.717, 1.165) is 35.0 Å². The number of benzene rings is 2. The second-order valence-corrected chi connectivity index (χ2v) is 8.24. The third-order valence-electron chi connectivity index (χ3n) is 5.92. The number of H-pyrrole nitrogens is 1. The molecule has 1 aliphatic heterocycles. The van der Waals surface area contributed by atoms with Gasteiger partial charge in [-0.05, 0) is 37.1 Å². The van der Waals surface area contributed by atoms with Crippen molar-refractivity contribution in [2.75, 3.05) is 34.8 Å². The number of nitrogens with two attached hydrogens (primary N) is 2. The second kappa shape index (κ2) is 8.58. The quantitative estimate of drug-likeness (QED) is 0.363. The van der Waals surface area contributed by atoms with Crippen LogP contribution in [-0.4, -0.2) is 39.2 Å². The number of nitrogens with zero attached hydrogens (tertiary/aromatic N) is 4. The maximum atomic E-state index is 13.5. The third kappa shape index (κ3) is 4.19. The van der Waals surface area contributed by atoms with Crippen molar-refractivity contribution in [2.24, 2.45) is 5.92 Å². The molecular weight excluding hydrogens is 442 g/mol. The minimum atomic E-state index is -1.01. The highest BCUT2D eigenvalue weighted by Crippen LogP contribution is 2.29. The highest BCUT2D eigenvalue weighted by atomic mass is 19.2. The molecule has 0 spiro atoms. The van der Waals surface area contributed by atoms with Gasteiger partial charge in [0.05, 0.1) is 17.1 Å². The SMILES string of the molecule is Nc1nc(-c2ccc3c(N)n[nH]c3c2)cc(N2CCCC(C(=O)Nc3ccc(F)c(F)c3)C2)n1. The number of nitrogen functional groups attached to an aromatic ring is 2. The number of anilines is 4. The number of aromatic nitrogens is 4. The van der Waals surface area contributed by atoms with E-state index in [1.807, 2.05) is 29.2 Å². The summed E-state index contributed by atoms with van der Waals surface area (Å²) in [5.41, 5.74) is 14.3. The molecule has 174 valence electrons. The van der Waals surface area contributed by atoms with E-state index in [1.54, 1.807) is 0 Å². The molecule has 4 aromatic rings. The summed E-state index contributed by atoms with van der Waals surface area (Å²) in [7, 11) is 0. The van der Waals surface area contributed by atoms with E-state index in [2.05, 4.69) is 25.5 Å². The summed E-state index contributed by atoms with van der Waals surface area (Å²) in [5, 5.41) is 10.4. The predicted molar refractivity (Wildman–Crippen MR) is 126 cm³/mol. The van der Waals surface area contributed by atoms with E-state index >= 15 is 0 Å². The first-order valence-electron chi connectivity index (χ1n) is 10.8. The monoisotopic (exact) mass is 464 g/mol. The van der Waals surface area contributed by atoms with Crippen LogP contribution in [0.5, 0.6) is 0 Å². The number of hydrogen-bond donors (Lipinski definition) is 4. The Morgan fingerprint density at radius 2 is 1.94 bits per heavy atom. The summed E-state index contributed by atoms with van der Waals surface area (Å²) in [6, 6.07) is 10.7. The molecule has 0 aliphatic carbocycles. The van der Waals surface area contributed by atoms with Gasteiger partial charge in [0.25, 0.3) is 0 Å². The number of amides is 1. The summed E-state index contributed by atoms with van der Waals surface area (Å²) in [6.07, 6.45) is 1.42. The molecule has 0 bridgehead atoms. The number of rotatable bonds is 4. The van der Waals surface area contributed by atoms with Crippen molar-refractivity contribution >= 4 is 40.1 Å². The van der Waals surface area contributed by atoms with Gasteiger partial charge in [0.1, 0.15) is 5.82 Å². The normalized spacial score (nSPS) is 16.1. The Bertz CT molecular complexity index is 1390. The van der Waals surface area contributed by atoms with E-state index in [9.17, 15) is 13.6 Å². The van der Waals surface area contributed by atoms with Gasteiger partial charge in [-0.3, -0.25) is 9.89 Å². The van der Waals surface area contributed by atoms with E-state index in [4.69, 9.17) is 11.5 Å². The number of carbonyl (C=O) groups is 1. The largest absolute Gasteiger partial charge is 0.382 e. The van der Waals surface area contributed by atoms with Gasteiger partial charge >= 0.3 is 0 Å². The molecular formula is C23H22F2N8O. The molecule has 9 nitrogen and oxygen atoms in total. The number of aromatic amines is 1. The maximum Gasteiger partial charge on any atom is 0.229 e. The van der Waals surface area contributed by atoms with Crippen LogP contribution in [0.2, 0.25) is 0 Å². The first kappa shape index (κ1) is 21.6. The number of halogens is 2. The lowest BCUT2D eigenvalue weighted by Gasteiger charge is -2.33. The summed E-state index contributed by atoms with van der Waals surface area (Å²) < 4.78 is 26.7. The molecule has 2 aromatic carbocycles. The molecule has 3 heterocycles. The number of piperidine rings is 1. The van der Waals surface area contributed by atoms with Gasteiger partial charge in [-0.1, -0.05) is 6.07 Å². The lowest BCUT2D eigenvalue weighted by molar-refractivity contribution is -0.120. The molecule has 5 rings (SSSR count). The van der Waals surface area contributed by atoms with Gasteiger partial charge in [0.15, 0.2) is 17.5 Å². The van der Waals surface area contributed by atoms with Crippen molar-refractivity contribution in [1.82, 2.24) is 20.2 Å². The number of hydrogen-bond acceptors (Lipinski definition) is 7. The Hall–Kier alpha value is -4.28. The molecule has 1 unspecified atom stereocenters. The average molecular weight is 464 g/mol. The molecule has 0 radical (unpaired) electrons. The standard InChI is InChI=1S/C23H22F2N8O/c24-16-6-4-14(9-17(16)25)28-22(34)13-2-1-7-33(11-13)20-10-18(29-23(27)30-20)12-3-5-15-19(8-12)31-32-21(15)26/h3-6,8-10,13H,1-2,7,11H2,(H,28,34)(H3,26,31,32)(H2,27,29,30). The van der Waals surface area contributed by atoms with Crippen molar-refractivity contribution in [2.45, 2.75) is 12.8 Å². The van der Waals surface area contributed by atoms with Crippen LogP contribution < -0.4 is 21.7 Å². The van der Waals surface area contributed by atoms with Crippen LogP contribution in [0.1, 0.15) is 12.8 Å². The second-order valence-electron chi connectivity index (χ2n) is 8.24. The van der Waals surface area contributed by atoms with Gasteiger partial charge in [-0.25, -0.2) is 13.8 Å². The zero-order valence-corrected chi connectivity index (χ0v) is 18.1. The van der Waals surface area contributed by atoms with Gasteiger partial charge in [-0.2, -0.15) is 10.1 Å². The number of fused-ring (bicyclic) bond motifs is 1. The van der Waals surface area contributed by atoms with E-state index in [1.165, 1.54) is 6.07 Å². The lowest BCUT2D eigenvalue weighted by atomic mass is 9.97. The van der Waals surface area contributed by atoms with Crippen LogP contribution in [-0.2, 0) is 4.79 Å². The smallest absolute Gasteiger partial charge is 0.229 e. The Balaban J connectivity index is 1.36. The molecule has 1 fully saturated rings. The fourth-order valence-corrected chi connectivity index (χ4v) is 4.18. The molecule has 2 aromatic heterocycles. The Morgan fingerprint density at radius 3 is 2.76 bits per heavy atom. The number of nitrogens with one attached hydrogen (secondary N) is 2. The minimum absolute atomic E-state index is 0.116. The van der Waals surface area contributed by atoms with Crippen LogP contribution in [0, 0.1) is 17.6 Å². The Morgan fingerprint density at radius 1 is 1.09 bits per heavy atom. The maximum absolute atomic E-state index is 13.5.